The second kappa shape index (κ2) is 8.66. The maximum Gasteiger partial charge on any atom is 0.292 e. The fraction of sp³-hybridized carbons (Fsp3) is 0.300. The first-order valence-electron chi connectivity index (χ1n) is 9.40. The Kier molecular flexibility index (Phi) is 6.15. The molecule has 4 rings (SSSR count). The molecule has 158 valence electrons. The molecule has 0 spiro atoms. The Bertz CT molecular complexity index is 1130. The van der Waals surface area contributed by atoms with Crippen molar-refractivity contribution in [2.45, 2.75) is 28.9 Å². The Balaban J connectivity index is 1.65. The summed E-state index contributed by atoms with van der Waals surface area (Å²) in [5.41, 5.74) is 1.45. The van der Waals surface area contributed by atoms with Gasteiger partial charge >= 0.3 is 0 Å². The van der Waals surface area contributed by atoms with Crippen LogP contribution in [0.2, 0.25) is 5.02 Å². The van der Waals surface area contributed by atoms with Crippen LogP contribution in [-0.2, 0) is 10.0 Å². The van der Waals surface area contributed by atoms with Gasteiger partial charge in [-0.1, -0.05) is 11.6 Å². The zero-order chi connectivity index (χ0) is 21.3. The minimum atomic E-state index is -3.13. The predicted molar refractivity (Wildman–Crippen MR) is 113 cm³/mol. The second-order valence-corrected chi connectivity index (χ2v) is 10.8. The van der Waals surface area contributed by atoms with Gasteiger partial charge in [-0.05, 0) is 48.2 Å². The van der Waals surface area contributed by atoms with Crippen LogP contribution in [0.25, 0.3) is 11.5 Å². The number of hydrogen-bond acceptors (Lipinski definition) is 6. The van der Waals surface area contributed by atoms with Crippen molar-refractivity contribution in [3.8, 4) is 11.5 Å². The SMILES string of the molecule is CS(=O)(=O)[NH+]1CCC(c2nc(-c3ccc(F)cc3)oc2Sc2ccc(Cl)cn2)CC1. The quantitative estimate of drug-likeness (QED) is 0.618. The molecule has 3 heterocycles. The summed E-state index contributed by atoms with van der Waals surface area (Å²) in [4.78, 5) is 9.02. The third kappa shape index (κ3) is 4.85. The maximum atomic E-state index is 13.3. The van der Waals surface area contributed by atoms with Crippen molar-refractivity contribution in [3.05, 3.63) is 59.1 Å². The molecule has 1 aliphatic rings. The first-order valence-corrected chi connectivity index (χ1v) is 12.5. The Morgan fingerprint density at radius 1 is 1.17 bits per heavy atom. The van der Waals surface area contributed by atoms with Crippen molar-refractivity contribution in [2.75, 3.05) is 19.3 Å². The zero-order valence-electron chi connectivity index (χ0n) is 16.1. The van der Waals surface area contributed by atoms with Crippen molar-refractivity contribution >= 4 is 33.4 Å². The average Bonchev–Trinajstić information content (AvgIpc) is 3.13. The smallest absolute Gasteiger partial charge is 0.292 e. The first-order chi connectivity index (χ1) is 14.3. The van der Waals surface area contributed by atoms with E-state index in [9.17, 15) is 12.8 Å². The van der Waals surface area contributed by atoms with E-state index in [0.29, 0.717) is 56.8 Å². The summed E-state index contributed by atoms with van der Waals surface area (Å²) in [7, 11) is -3.13. The lowest BCUT2D eigenvalue weighted by atomic mass is 9.95. The molecule has 1 saturated heterocycles. The third-order valence-corrected chi connectivity index (χ3v) is 7.67. The Hall–Kier alpha value is -1.94. The van der Waals surface area contributed by atoms with Gasteiger partial charge < -0.3 is 4.42 Å². The highest BCUT2D eigenvalue weighted by Crippen LogP contribution is 2.39. The van der Waals surface area contributed by atoms with Crippen molar-refractivity contribution in [1.29, 1.82) is 0 Å². The van der Waals surface area contributed by atoms with Gasteiger partial charge in [-0.3, -0.25) is 0 Å². The molecule has 0 unspecified atom stereocenters. The van der Waals surface area contributed by atoms with Crippen molar-refractivity contribution < 1.29 is 21.5 Å². The highest BCUT2D eigenvalue weighted by Gasteiger charge is 2.33. The van der Waals surface area contributed by atoms with Gasteiger partial charge in [-0.15, -0.1) is 0 Å². The fourth-order valence-corrected chi connectivity index (χ4v) is 5.42. The number of aromatic nitrogens is 2. The van der Waals surface area contributed by atoms with E-state index in [1.807, 2.05) is 0 Å². The molecular formula is C20H20ClFN3O3S2+. The minimum Gasteiger partial charge on any atom is -0.429 e. The number of hydrogen-bond donors (Lipinski definition) is 1. The van der Waals surface area contributed by atoms with Gasteiger partial charge in [0.2, 0.25) is 5.89 Å². The predicted octanol–water partition coefficient (Wildman–Crippen LogP) is 3.40. The molecule has 10 heteroatoms. The third-order valence-electron chi connectivity index (χ3n) is 5.06. The monoisotopic (exact) mass is 468 g/mol. The number of piperidine rings is 1. The molecule has 3 aromatic rings. The van der Waals surface area contributed by atoms with Crippen LogP contribution in [0.5, 0.6) is 0 Å². The maximum absolute atomic E-state index is 13.3. The molecule has 1 aliphatic heterocycles. The first kappa shape index (κ1) is 21.3. The van der Waals surface area contributed by atoms with Gasteiger partial charge in [0.1, 0.15) is 10.8 Å². The molecule has 1 aromatic carbocycles. The van der Waals surface area contributed by atoms with Crippen molar-refractivity contribution in [1.82, 2.24) is 9.97 Å². The van der Waals surface area contributed by atoms with Crippen LogP contribution >= 0.6 is 23.4 Å². The summed E-state index contributed by atoms with van der Waals surface area (Å²) in [6.07, 6.45) is 4.19. The van der Waals surface area contributed by atoms with Crippen LogP contribution in [0.1, 0.15) is 24.5 Å². The summed E-state index contributed by atoms with van der Waals surface area (Å²) in [5, 5.41) is 1.86. The van der Waals surface area contributed by atoms with Crippen LogP contribution in [0, 0.1) is 5.82 Å². The van der Waals surface area contributed by atoms with E-state index in [0.717, 1.165) is 5.69 Å². The van der Waals surface area contributed by atoms with Crippen LogP contribution in [-0.4, -0.2) is 37.7 Å². The van der Waals surface area contributed by atoms with E-state index in [1.165, 1.54) is 30.2 Å². The number of nitrogens with zero attached hydrogens (tertiary/aromatic N) is 2. The van der Waals surface area contributed by atoms with Crippen molar-refractivity contribution in [2.24, 2.45) is 0 Å². The highest BCUT2D eigenvalue weighted by atomic mass is 35.5. The van der Waals surface area contributed by atoms with Gasteiger partial charge in [0.05, 0.1) is 30.1 Å². The summed E-state index contributed by atoms with van der Waals surface area (Å²) >= 11 is 7.27. The van der Waals surface area contributed by atoms with E-state index >= 15 is 0 Å². The van der Waals surface area contributed by atoms with E-state index < -0.39 is 10.0 Å². The molecule has 0 bridgehead atoms. The number of sulfonamides is 1. The molecule has 0 atom stereocenters. The normalized spacial score (nSPS) is 19.7. The van der Waals surface area contributed by atoms with E-state index in [2.05, 4.69) is 4.98 Å². The number of rotatable bonds is 5. The van der Waals surface area contributed by atoms with Crippen LogP contribution in [0.3, 0.4) is 0 Å². The zero-order valence-corrected chi connectivity index (χ0v) is 18.5. The molecule has 1 N–H and O–H groups in total. The molecule has 0 aliphatic carbocycles. The molecule has 0 radical (unpaired) electrons. The number of oxazole rings is 1. The number of pyridine rings is 1. The number of halogens is 2. The Labute approximate surface area is 183 Å². The highest BCUT2D eigenvalue weighted by molar-refractivity contribution is 7.99. The van der Waals surface area contributed by atoms with Gasteiger partial charge in [0.25, 0.3) is 10.0 Å². The van der Waals surface area contributed by atoms with Crippen LogP contribution in [0.15, 0.2) is 57.1 Å². The summed E-state index contributed by atoms with van der Waals surface area (Å²) in [6.45, 7) is 1.04. The van der Waals surface area contributed by atoms with E-state index in [-0.39, 0.29) is 11.7 Å². The fourth-order valence-electron chi connectivity index (χ4n) is 3.47. The molecule has 6 nitrogen and oxygen atoms in total. The van der Waals surface area contributed by atoms with Gasteiger partial charge in [0, 0.05) is 30.5 Å². The van der Waals surface area contributed by atoms with Crippen molar-refractivity contribution in [3.63, 3.8) is 0 Å². The number of benzene rings is 1. The Morgan fingerprint density at radius 2 is 1.87 bits per heavy atom. The topological polar surface area (TPSA) is 77.5 Å². The summed E-state index contributed by atoms with van der Waals surface area (Å²) in [5.74, 6) is 0.143. The molecule has 1 fully saturated rings. The number of quaternary nitrogens is 1. The van der Waals surface area contributed by atoms with Crippen LogP contribution < -0.4 is 4.31 Å². The molecule has 0 saturated carbocycles. The summed E-state index contributed by atoms with van der Waals surface area (Å²) in [6, 6.07) is 9.52. The standard InChI is InChI=1S/C20H19ClFN3O3S2/c1-30(26,27)25-10-8-13(9-11-25)18-20(29-17-7-4-15(21)12-23-17)28-19(24-18)14-2-5-16(22)6-3-14/h2-7,12-13H,8-11H2,1H3/p+1. The van der Waals surface area contributed by atoms with Gasteiger partial charge in [0.15, 0.2) is 5.09 Å². The average molecular weight is 469 g/mol. The second-order valence-electron chi connectivity index (χ2n) is 7.20. The molecular weight excluding hydrogens is 449 g/mol. The molecule has 30 heavy (non-hydrogen) atoms. The lowest BCUT2D eigenvalue weighted by molar-refractivity contribution is -0.774. The minimum absolute atomic E-state index is 0.0725. The molecule has 2 aromatic heterocycles. The van der Waals surface area contributed by atoms with E-state index in [4.69, 9.17) is 21.0 Å². The Morgan fingerprint density at radius 3 is 2.47 bits per heavy atom. The lowest BCUT2D eigenvalue weighted by Gasteiger charge is -2.26. The van der Waals surface area contributed by atoms with E-state index in [1.54, 1.807) is 30.5 Å². The van der Waals surface area contributed by atoms with Gasteiger partial charge in [-0.25, -0.2) is 18.7 Å². The number of nitrogens with one attached hydrogen (secondary N) is 1. The lowest BCUT2D eigenvalue weighted by Crippen LogP contribution is -3.14. The van der Waals surface area contributed by atoms with Crippen LogP contribution in [0.4, 0.5) is 4.39 Å². The summed E-state index contributed by atoms with van der Waals surface area (Å²) < 4.78 is 43.7. The van der Waals surface area contributed by atoms with Gasteiger partial charge in [-0.2, -0.15) is 8.42 Å². The molecule has 0 amide bonds. The largest absolute Gasteiger partial charge is 0.429 e.